The number of aliphatic hydroxyl groups is 1. The Bertz CT molecular complexity index is 1950. The number of carbonyl (C=O) groups is 1. The maximum Gasteiger partial charge on any atom is 0.257 e. The summed E-state index contributed by atoms with van der Waals surface area (Å²) >= 11 is 1.59. The lowest BCUT2D eigenvalue weighted by Gasteiger charge is -2.41. The Morgan fingerprint density at radius 2 is 1.46 bits per heavy atom. The minimum atomic E-state index is -2.34. The molecule has 0 spiro atoms. The summed E-state index contributed by atoms with van der Waals surface area (Å²) < 4.78 is 82.2. The molecule has 50 heavy (non-hydrogen) atoms. The number of amides is 1. The molecule has 1 saturated heterocycles. The molecular formula is C38H31F5N2O4S. The maximum absolute atomic E-state index is 14.2. The largest absolute Gasteiger partial charge is 0.392 e. The summed E-state index contributed by atoms with van der Waals surface area (Å²) in [5.41, 5.74) is 2.98. The third kappa shape index (κ3) is 7.58. The van der Waals surface area contributed by atoms with Gasteiger partial charge < -0.3 is 19.9 Å². The van der Waals surface area contributed by atoms with E-state index in [4.69, 9.17) is 9.47 Å². The van der Waals surface area contributed by atoms with Crippen LogP contribution < -0.4 is 5.32 Å². The number of halogens is 5. The highest BCUT2D eigenvalue weighted by Crippen LogP contribution is 2.43. The van der Waals surface area contributed by atoms with Crippen molar-refractivity contribution in [3.8, 4) is 11.1 Å². The Morgan fingerprint density at radius 1 is 0.780 bits per heavy atom. The van der Waals surface area contributed by atoms with Gasteiger partial charge in [-0.1, -0.05) is 73.7 Å². The molecule has 1 fully saturated rings. The number of pyridine rings is 1. The molecule has 1 aromatic heterocycles. The SMILES string of the molecule is C[C@@H]1[C@H](CSc2ccccn2)O[C@H](c2cccc(-c3cccc(CNC(=O)c4c(F)c(F)c(F)c(F)c4F)c3)c2)O[C@@H]1c1ccc(CO)cc1. The van der Waals surface area contributed by atoms with Gasteiger partial charge in [0.05, 0.1) is 23.8 Å². The zero-order valence-electron chi connectivity index (χ0n) is 26.6. The number of hydrogen-bond donors (Lipinski definition) is 2. The van der Waals surface area contributed by atoms with Gasteiger partial charge in [0, 0.05) is 30.0 Å². The summed E-state index contributed by atoms with van der Waals surface area (Å²) in [6, 6.07) is 27.8. The van der Waals surface area contributed by atoms with Gasteiger partial charge in [-0.3, -0.25) is 4.79 Å². The molecule has 6 rings (SSSR count). The second kappa shape index (κ2) is 15.5. The minimum Gasteiger partial charge on any atom is -0.392 e. The molecule has 258 valence electrons. The third-order valence-corrected chi connectivity index (χ3v) is 9.50. The number of nitrogens with one attached hydrogen (secondary N) is 1. The Balaban J connectivity index is 1.22. The molecule has 5 aromatic rings. The fraction of sp³-hybridized carbons (Fsp3) is 0.211. The normalized spacial score (nSPS) is 18.9. The number of ether oxygens (including phenoxy) is 2. The fourth-order valence-electron chi connectivity index (χ4n) is 5.71. The summed E-state index contributed by atoms with van der Waals surface area (Å²) in [6.07, 6.45) is 0.486. The van der Waals surface area contributed by atoms with E-state index in [1.807, 2.05) is 72.8 Å². The molecule has 4 aromatic carbocycles. The first-order valence-electron chi connectivity index (χ1n) is 15.7. The predicted octanol–water partition coefficient (Wildman–Crippen LogP) is 8.45. The van der Waals surface area contributed by atoms with Gasteiger partial charge in [0.15, 0.2) is 29.6 Å². The molecule has 0 radical (unpaired) electrons. The summed E-state index contributed by atoms with van der Waals surface area (Å²) in [6.45, 7) is 1.77. The van der Waals surface area contributed by atoms with E-state index in [1.54, 1.807) is 36.2 Å². The summed E-state index contributed by atoms with van der Waals surface area (Å²) in [5, 5.41) is 12.7. The zero-order valence-corrected chi connectivity index (χ0v) is 27.4. The Kier molecular flexibility index (Phi) is 10.9. The van der Waals surface area contributed by atoms with Crippen LogP contribution in [0.2, 0.25) is 0 Å². The first-order chi connectivity index (χ1) is 24.1. The Labute approximate surface area is 289 Å². The number of rotatable bonds is 10. The van der Waals surface area contributed by atoms with E-state index in [9.17, 15) is 31.9 Å². The number of hydrogen-bond acceptors (Lipinski definition) is 6. The van der Waals surface area contributed by atoms with Crippen molar-refractivity contribution < 1.29 is 41.3 Å². The van der Waals surface area contributed by atoms with E-state index >= 15 is 0 Å². The van der Waals surface area contributed by atoms with Crippen molar-refractivity contribution in [1.82, 2.24) is 10.3 Å². The lowest BCUT2D eigenvalue weighted by Crippen LogP contribution is -2.38. The number of nitrogens with zero attached hydrogens (tertiary/aromatic N) is 1. The monoisotopic (exact) mass is 706 g/mol. The van der Waals surface area contributed by atoms with Crippen molar-refractivity contribution in [1.29, 1.82) is 0 Å². The van der Waals surface area contributed by atoms with E-state index in [0.29, 0.717) is 11.3 Å². The molecule has 6 nitrogen and oxygen atoms in total. The maximum atomic E-state index is 14.2. The summed E-state index contributed by atoms with van der Waals surface area (Å²) in [5.74, 6) is -12.0. The molecule has 0 saturated carbocycles. The number of aromatic nitrogens is 1. The van der Waals surface area contributed by atoms with Crippen molar-refractivity contribution in [3.05, 3.63) is 154 Å². The average molecular weight is 707 g/mol. The van der Waals surface area contributed by atoms with Gasteiger partial charge in [-0.2, -0.15) is 0 Å². The summed E-state index contributed by atoms with van der Waals surface area (Å²) in [4.78, 5) is 16.9. The quantitative estimate of drug-likeness (QED) is 0.0657. The van der Waals surface area contributed by atoms with Crippen molar-refractivity contribution >= 4 is 17.7 Å². The molecular weight excluding hydrogens is 675 g/mol. The number of aliphatic hydroxyl groups excluding tert-OH is 1. The minimum absolute atomic E-state index is 0.0256. The third-order valence-electron chi connectivity index (χ3n) is 8.47. The molecule has 0 aliphatic carbocycles. The van der Waals surface area contributed by atoms with Crippen LogP contribution in [0.15, 0.2) is 102 Å². The van der Waals surface area contributed by atoms with Crippen LogP contribution in [0.4, 0.5) is 22.0 Å². The standard InChI is InChI=1S/C38H31F5N2O4S/c1-21-28(20-50-29-10-2-3-15-44-29)48-38(49-36(21)24-13-11-22(19-46)12-14-24)27-9-5-8-26(17-27)25-7-4-6-23(16-25)18-45-37(47)30-31(39)33(41)35(43)34(42)32(30)40/h2-17,21,28,36,38,46H,18-20H2,1H3,(H,45,47)/t21-,28+,36+,38+/m1/s1. The average Bonchev–Trinajstić information content (AvgIpc) is 3.15. The molecule has 2 N–H and O–H groups in total. The lowest BCUT2D eigenvalue weighted by molar-refractivity contribution is -0.268. The molecule has 1 aliphatic rings. The number of carbonyl (C=O) groups excluding carboxylic acids is 1. The lowest BCUT2D eigenvalue weighted by atomic mass is 9.91. The predicted molar refractivity (Wildman–Crippen MR) is 177 cm³/mol. The summed E-state index contributed by atoms with van der Waals surface area (Å²) in [7, 11) is 0. The van der Waals surface area contributed by atoms with E-state index in [-0.39, 0.29) is 31.3 Å². The van der Waals surface area contributed by atoms with Gasteiger partial charge in [0.25, 0.3) is 5.91 Å². The fourth-order valence-corrected chi connectivity index (χ4v) is 6.74. The van der Waals surface area contributed by atoms with E-state index in [0.717, 1.165) is 32.8 Å². The van der Waals surface area contributed by atoms with Crippen LogP contribution in [0.1, 0.15) is 51.9 Å². The second-order valence-corrected chi connectivity index (χ2v) is 12.8. The van der Waals surface area contributed by atoms with Gasteiger partial charge in [0.2, 0.25) is 5.82 Å². The van der Waals surface area contributed by atoms with Crippen LogP contribution in [0.3, 0.4) is 0 Å². The smallest absolute Gasteiger partial charge is 0.257 e. The molecule has 12 heteroatoms. The molecule has 1 amide bonds. The van der Waals surface area contributed by atoms with Crippen LogP contribution in [0.5, 0.6) is 0 Å². The number of thioether (sulfide) groups is 1. The second-order valence-electron chi connectivity index (χ2n) is 11.8. The van der Waals surface area contributed by atoms with Gasteiger partial charge in [-0.05, 0) is 52.1 Å². The van der Waals surface area contributed by atoms with E-state index < -0.39 is 46.8 Å². The van der Waals surface area contributed by atoms with E-state index in [2.05, 4.69) is 17.2 Å². The topological polar surface area (TPSA) is 80.7 Å². The van der Waals surface area contributed by atoms with Crippen molar-refractivity contribution in [2.24, 2.45) is 5.92 Å². The van der Waals surface area contributed by atoms with Crippen molar-refractivity contribution in [2.75, 3.05) is 5.75 Å². The van der Waals surface area contributed by atoms with Crippen molar-refractivity contribution in [2.45, 2.75) is 43.6 Å². The molecule has 1 aliphatic heterocycles. The van der Waals surface area contributed by atoms with Gasteiger partial charge >= 0.3 is 0 Å². The highest BCUT2D eigenvalue weighted by atomic mass is 32.2. The van der Waals surface area contributed by atoms with Gasteiger partial charge in [-0.15, -0.1) is 11.8 Å². The highest BCUT2D eigenvalue weighted by molar-refractivity contribution is 7.99. The Morgan fingerprint density at radius 3 is 2.14 bits per heavy atom. The Hall–Kier alpha value is -4.62. The molecule has 2 heterocycles. The van der Waals surface area contributed by atoms with Crippen LogP contribution in [-0.2, 0) is 22.6 Å². The van der Waals surface area contributed by atoms with Crippen molar-refractivity contribution in [3.63, 3.8) is 0 Å². The number of benzene rings is 4. The van der Waals surface area contributed by atoms with Crippen LogP contribution >= 0.6 is 11.8 Å². The first kappa shape index (κ1) is 35.2. The first-order valence-corrected chi connectivity index (χ1v) is 16.7. The van der Waals surface area contributed by atoms with Gasteiger partial charge in [-0.25, -0.2) is 26.9 Å². The van der Waals surface area contributed by atoms with Crippen LogP contribution in [0, 0.1) is 35.0 Å². The van der Waals surface area contributed by atoms with E-state index in [1.165, 1.54) is 0 Å². The molecule has 4 atom stereocenters. The van der Waals surface area contributed by atoms with Crippen LogP contribution in [0.25, 0.3) is 11.1 Å². The molecule has 0 unspecified atom stereocenters. The molecule has 0 bridgehead atoms. The van der Waals surface area contributed by atoms with Crippen LogP contribution in [-0.4, -0.2) is 27.9 Å². The highest BCUT2D eigenvalue weighted by Gasteiger charge is 2.38. The van der Waals surface area contributed by atoms with Gasteiger partial charge in [0.1, 0.15) is 5.56 Å². The zero-order chi connectivity index (χ0) is 35.4.